The van der Waals surface area contributed by atoms with Crippen molar-refractivity contribution < 1.29 is 23.5 Å². The molecule has 26 heavy (non-hydrogen) atoms. The number of halogens is 1. The van der Waals surface area contributed by atoms with Crippen LogP contribution in [0.2, 0.25) is 0 Å². The van der Waals surface area contributed by atoms with E-state index in [9.17, 15) is 18.8 Å². The maximum atomic E-state index is 13.3. The van der Waals surface area contributed by atoms with Crippen LogP contribution in [0.5, 0.6) is 0 Å². The molecule has 0 amide bonds. The van der Waals surface area contributed by atoms with E-state index >= 15 is 0 Å². The van der Waals surface area contributed by atoms with E-state index in [1.807, 2.05) is 0 Å². The molecule has 2 rings (SSSR count). The molecule has 1 aromatic carbocycles. The summed E-state index contributed by atoms with van der Waals surface area (Å²) in [7, 11) is 0. The number of nitrogens with zero attached hydrogens (tertiary/aromatic N) is 1. The van der Waals surface area contributed by atoms with Gasteiger partial charge in [-0.25, -0.2) is 14.0 Å². The number of carbonyl (C=O) groups excluding carboxylic acids is 2. The largest absolute Gasteiger partial charge is 0.462 e. The summed E-state index contributed by atoms with van der Waals surface area (Å²) in [4.78, 5) is 37.4. The molecule has 0 N–H and O–H groups in total. The lowest BCUT2D eigenvalue weighted by Crippen LogP contribution is -2.31. The smallest absolute Gasteiger partial charge is 0.343 e. The summed E-state index contributed by atoms with van der Waals surface area (Å²) in [5.74, 6) is -2.07. The third-order valence-corrected chi connectivity index (χ3v) is 3.89. The zero-order chi connectivity index (χ0) is 19.4. The topological polar surface area (TPSA) is 74.6 Å². The molecule has 0 aliphatic heterocycles. The maximum absolute atomic E-state index is 13.3. The first-order valence-electron chi connectivity index (χ1n) is 8.19. The summed E-state index contributed by atoms with van der Waals surface area (Å²) in [6.07, 6.45) is 0. The quantitative estimate of drug-likeness (QED) is 0.766. The van der Waals surface area contributed by atoms with E-state index in [0.29, 0.717) is 17.1 Å². The van der Waals surface area contributed by atoms with Gasteiger partial charge in [-0.2, -0.15) is 0 Å². The number of aromatic nitrogens is 1. The lowest BCUT2D eigenvalue weighted by atomic mass is 10.0. The molecule has 0 saturated heterocycles. The van der Waals surface area contributed by atoms with E-state index in [-0.39, 0.29) is 24.3 Å². The summed E-state index contributed by atoms with van der Waals surface area (Å²) in [6, 6.07) is 5.48. The van der Waals surface area contributed by atoms with E-state index in [1.165, 1.54) is 24.3 Å². The van der Waals surface area contributed by atoms with Crippen molar-refractivity contribution in [1.29, 1.82) is 0 Å². The SMILES string of the molecule is CCOC(=O)c1c(C)n(-c2ccc(F)cc2)c(C)c(C(=O)OCC)c1=O. The van der Waals surface area contributed by atoms with E-state index in [4.69, 9.17) is 9.47 Å². The van der Waals surface area contributed by atoms with Crippen LogP contribution in [0.3, 0.4) is 0 Å². The highest BCUT2D eigenvalue weighted by Gasteiger charge is 2.27. The number of carbonyl (C=O) groups is 2. The van der Waals surface area contributed by atoms with Gasteiger partial charge < -0.3 is 14.0 Å². The normalized spacial score (nSPS) is 10.5. The third kappa shape index (κ3) is 3.51. The van der Waals surface area contributed by atoms with Crippen molar-refractivity contribution in [3.63, 3.8) is 0 Å². The second-order valence-corrected chi connectivity index (χ2v) is 5.50. The Bertz CT molecular complexity index is 851. The molecule has 1 aromatic heterocycles. The standard InChI is InChI=1S/C19H20FNO5/c1-5-25-18(23)15-11(3)21(14-9-7-13(20)8-10-14)12(4)16(17(15)22)19(24)26-6-2/h7-10H,5-6H2,1-4H3. The van der Waals surface area contributed by atoms with Crippen LogP contribution >= 0.6 is 0 Å². The molecule has 0 spiro atoms. The average molecular weight is 361 g/mol. The lowest BCUT2D eigenvalue weighted by Gasteiger charge is -2.20. The second kappa shape index (κ2) is 7.95. The zero-order valence-corrected chi connectivity index (χ0v) is 15.1. The number of benzene rings is 1. The van der Waals surface area contributed by atoms with Gasteiger partial charge in [0, 0.05) is 17.1 Å². The van der Waals surface area contributed by atoms with Crippen LogP contribution < -0.4 is 5.43 Å². The predicted octanol–water partition coefficient (Wildman–Crippen LogP) is 2.95. The molecule has 0 saturated carbocycles. The second-order valence-electron chi connectivity index (χ2n) is 5.50. The molecule has 6 nitrogen and oxygen atoms in total. The molecule has 0 unspecified atom stereocenters. The molecule has 0 aliphatic carbocycles. The van der Waals surface area contributed by atoms with Gasteiger partial charge in [-0.1, -0.05) is 0 Å². The minimum Gasteiger partial charge on any atom is -0.462 e. The molecular weight excluding hydrogens is 341 g/mol. The minimum absolute atomic E-state index is 0.0802. The van der Waals surface area contributed by atoms with Gasteiger partial charge in [0.25, 0.3) is 0 Å². The van der Waals surface area contributed by atoms with Crippen LogP contribution in [0.1, 0.15) is 46.0 Å². The number of hydrogen-bond acceptors (Lipinski definition) is 5. The van der Waals surface area contributed by atoms with E-state index < -0.39 is 23.2 Å². The third-order valence-electron chi connectivity index (χ3n) is 3.89. The molecule has 0 atom stereocenters. The first-order valence-corrected chi connectivity index (χ1v) is 8.19. The lowest BCUT2D eigenvalue weighted by molar-refractivity contribution is 0.0519. The van der Waals surface area contributed by atoms with Crippen molar-refractivity contribution in [1.82, 2.24) is 4.57 Å². The maximum Gasteiger partial charge on any atom is 0.343 e. The number of rotatable bonds is 5. The highest BCUT2D eigenvalue weighted by molar-refractivity contribution is 5.96. The minimum atomic E-state index is -0.823. The number of esters is 2. The fourth-order valence-electron chi connectivity index (χ4n) is 2.79. The van der Waals surface area contributed by atoms with Gasteiger partial charge in [0.05, 0.1) is 13.2 Å². The molecule has 0 radical (unpaired) electrons. The van der Waals surface area contributed by atoms with Crippen molar-refractivity contribution in [2.45, 2.75) is 27.7 Å². The van der Waals surface area contributed by atoms with Crippen LogP contribution in [0.25, 0.3) is 5.69 Å². The van der Waals surface area contributed by atoms with Crippen LogP contribution in [0, 0.1) is 19.7 Å². The fourth-order valence-corrected chi connectivity index (χ4v) is 2.79. The van der Waals surface area contributed by atoms with Gasteiger partial charge >= 0.3 is 11.9 Å². The summed E-state index contributed by atoms with van der Waals surface area (Å²) >= 11 is 0. The van der Waals surface area contributed by atoms with E-state index in [1.54, 1.807) is 32.3 Å². The van der Waals surface area contributed by atoms with Crippen LogP contribution in [0.15, 0.2) is 29.1 Å². The number of ether oxygens (including phenoxy) is 2. The molecule has 2 aromatic rings. The van der Waals surface area contributed by atoms with Crippen LogP contribution in [-0.4, -0.2) is 29.7 Å². The first kappa shape index (κ1) is 19.4. The molecule has 0 fully saturated rings. The average Bonchev–Trinajstić information content (AvgIpc) is 2.57. The molecule has 138 valence electrons. The Morgan fingerprint density at radius 2 is 1.35 bits per heavy atom. The Morgan fingerprint density at radius 3 is 1.73 bits per heavy atom. The molecule has 0 aliphatic rings. The van der Waals surface area contributed by atoms with Crippen molar-refractivity contribution in [2.24, 2.45) is 0 Å². The van der Waals surface area contributed by atoms with Crippen molar-refractivity contribution in [3.8, 4) is 5.69 Å². The van der Waals surface area contributed by atoms with E-state index in [2.05, 4.69) is 0 Å². The van der Waals surface area contributed by atoms with Gasteiger partial charge in [0.15, 0.2) is 0 Å². The van der Waals surface area contributed by atoms with Gasteiger partial charge in [-0.3, -0.25) is 4.79 Å². The summed E-state index contributed by atoms with van der Waals surface area (Å²) in [5, 5.41) is 0. The Kier molecular flexibility index (Phi) is 5.92. The van der Waals surface area contributed by atoms with Gasteiger partial charge in [-0.15, -0.1) is 0 Å². The summed E-state index contributed by atoms with van der Waals surface area (Å²) in [5.41, 5.74) is -0.140. The van der Waals surface area contributed by atoms with Crippen molar-refractivity contribution in [3.05, 3.63) is 62.8 Å². The van der Waals surface area contributed by atoms with Crippen LogP contribution in [-0.2, 0) is 9.47 Å². The van der Waals surface area contributed by atoms with Crippen LogP contribution in [0.4, 0.5) is 4.39 Å². The molecule has 1 heterocycles. The Labute approximate surface area is 150 Å². The zero-order valence-electron chi connectivity index (χ0n) is 15.1. The summed E-state index contributed by atoms with van der Waals surface area (Å²) < 4.78 is 24.8. The molecular formula is C19H20FNO5. The van der Waals surface area contributed by atoms with Crippen molar-refractivity contribution in [2.75, 3.05) is 13.2 Å². The monoisotopic (exact) mass is 361 g/mol. The predicted molar refractivity (Wildman–Crippen MR) is 93.4 cm³/mol. The fraction of sp³-hybridized carbons (Fsp3) is 0.316. The highest BCUT2D eigenvalue weighted by atomic mass is 19.1. The molecule has 0 bridgehead atoms. The van der Waals surface area contributed by atoms with E-state index in [0.717, 1.165) is 0 Å². The van der Waals surface area contributed by atoms with Gasteiger partial charge in [-0.05, 0) is 52.0 Å². The highest BCUT2D eigenvalue weighted by Crippen LogP contribution is 2.20. The Morgan fingerprint density at radius 1 is 0.923 bits per heavy atom. The Balaban J connectivity index is 2.86. The first-order chi connectivity index (χ1) is 12.3. The number of hydrogen-bond donors (Lipinski definition) is 0. The Hall–Kier alpha value is -2.96. The van der Waals surface area contributed by atoms with Gasteiger partial charge in [0.1, 0.15) is 16.9 Å². The number of pyridine rings is 1. The summed E-state index contributed by atoms with van der Waals surface area (Å²) in [6.45, 7) is 6.53. The van der Waals surface area contributed by atoms with Gasteiger partial charge in [0.2, 0.25) is 5.43 Å². The van der Waals surface area contributed by atoms with Crippen molar-refractivity contribution >= 4 is 11.9 Å². The molecule has 7 heteroatoms.